The zero-order valence-electron chi connectivity index (χ0n) is 13.8. The molecule has 1 N–H and O–H groups in total. The van der Waals surface area contributed by atoms with Gasteiger partial charge in [0.1, 0.15) is 0 Å². The summed E-state index contributed by atoms with van der Waals surface area (Å²) in [4.78, 5) is 2.01. The first-order chi connectivity index (χ1) is 10.1. The molecule has 1 atom stereocenters. The van der Waals surface area contributed by atoms with E-state index >= 15 is 0 Å². The second kappa shape index (κ2) is 9.70. The zero-order chi connectivity index (χ0) is 15.7. The molecule has 1 heterocycles. The summed E-state index contributed by atoms with van der Waals surface area (Å²) in [6.07, 6.45) is 0. The number of ether oxygens (including phenoxy) is 2. The van der Waals surface area contributed by atoms with Crippen LogP contribution in [0.2, 0.25) is 0 Å². The van der Waals surface area contributed by atoms with Crippen LogP contribution in [0.25, 0.3) is 0 Å². The lowest BCUT2D eigenvalue weighted by atomic mass is 10.2. The number of anilines is 1. The Morgan fingerprint density at radius 1 is 1.19 bits per heavy atom. The predicted molar refractivity (Wildman–Crippen MR) is 81.4 cm³/mol. The molecule has 0 saturated carbocycles. The van der Waals surface area contributed by atoms with Gasteiger partial charge in [-0.05, 0) is 19.4 Å². The predicted octanol–water partition coefficient (Wildman–Crippen LogP) is 1.30. The minimum absolute atomic E-state index is 0.141. The molecule has 1 aromatic rings. The normalized spacial score (nSPS) is 12.9. The van der Waals surface area contributed by atoms with Gasteiger partial charge in [0.25, 0.3) is 0 Å². The third-order valence-electron chi connectivity index (χ3n) is 3.01. The van der Waals surface area contributed by atoms with Gasteiger partial charge in [0, 0.05) is 20.8 Å². The highest BCUT2D eigenvalue weighted by atomic mass is 16.5. The quantitative estimate of drug-likeness (QED) is 0.660. The van der Waals surface area contributed by atoms with Gasteiger partial charge in [0.15, 0.2) is 0 Å². The van der Waals surface area contributed by atoms with Gasteiger partial charge in [0.05, 0.1) is 25.8 Å². The van der Waals surface area contributed by atoms with Gasteiger partial charge in [-0.15, -0.1) is 5.10 Å². The molecule has 1 rings (SSSR count). The number of hydrogen-bond donors (Lipinski definition) is 1. The van der Waals surface area contributed by atoms with E-state index in [1.165, 1.54) is 0 Å². The van der Waals surface area contributed by atoms with Crippen molar-refractivity contribution < 1.29 is 13.9 Å². The van der Waals surface area contributed by atoms with E-state index in [2.05, 4.69) is 36.3 Å². The molecule has 7 nitrogen and oxygen atoms in total. The van der Waals surface area contributed by atoms with E-state index in [1.807, 2.05) is 4.90 Å². The Kier molecular flexibility index (Phi) is 8.26. The molecule has 0 aliphatic carbocycles. The van der Waals surface area contributed by atoms with Crippen molar-refractivity contribution in [3.05, 3.63) is 5.89 Å². The highest BCUT2D eigenvalue weighted by Gasteiger charge is 2.20. The average Bonchev–Trinajstić information content (AvgIpc) is 2.88. The van der Waals surface area contributed by atoms with Crippen molar-refractivity contribution in [1.29, 1.82) is 0 Å². The van der Waals surface area contributed by atoms with Crippen molar-refractivity contribution in [3.63, 3.8) is 0 Å². The minimum atomic E-state index is 0.141. The Morgan fingerprint density at radius 2 is 1.95 bits per heavy atom. The van der Waals surface area contributed by atoms with Crippen LogP contribution < -0.4 is 10.2 Å². The van der Waals surface area contributed by atoms with E-state index < -0.39 is 0 Å². The molecule has 0 aliphatic rings. The molecule has 1 unspecified atom stereocenters. The van der Waals surface area contributed by atoms with E-state index in [9.17, 15) is 0 Å². The largest absolute Gasteiger partial charge is 0.407 e. The summed E-state index contributed by atoms with van der Waals surface area (Å²) in [5.74, 6) is 1.19. The third-order valence-corrected chi connectivity index (χ3v) is 3.01. The average molecular weight is 300 g/mol. The maximum Gasteiger partial charge on any atom is 0.318 e. The van der Waals surface area contributed by atoms with E-state index in [4.69, 9.17) is 13.9 Å². The fraction of sp³-hybridized carbons (Fsp3) is 0.857. The van der Waals surface area contributed by atoms with E-state index in [-0.39, 0.29) is 6.04 Å². The molecular weight excluding hydrogens is 272 g/mol. The van der Waals surface area contributed by atoms with Crippen molar-refractivity contribution >= 4 is 6.01 Å². The summed E-state index contributed by atoms with van der Waals surface area (Å²) in [5.41, 5.74) is 0. The lowest BCUT2D eigenvalue weighted by molar-refractivity contribution is 0.168. The highest BCUT2D eigenvalue weighted by molar-refractivity contribution is 5.26. The summed E-state index contributed by atoms with van der Waals surface area (Å²) in [7, 11) is 3.36. The Labute approximate surface area is 127 Å². The molecule has 21 heavy (non-hydrogen) atoms. The number of aromatic nitrogens is 2. The molecule has 0 spiro atoms. The number of rotatable bonds is 11. The molecule has 1 aromatic heterocycles. The van der Waals surface area contributed by atoms with Crippen LogP contribution in [0.15, 0.2) is 4.42 Å². The van der Waals surface area contributed by atoms with E-state index in [0.29, 0.717) is 44.1 Å². The van der Waals surface area contributed by atoms with Crippen LogP contribution in [0.1, 0.15) is 26.7 Å². The summed E-state index contributed by atoms with van der Waals surface area (Å²) in [6, 6.07) is 0.653. The van der Waals surface area contributed by atoms with Crippen molar-refractivity contribution in [2.24, 2.45) is 5.92 Å². The van der Waals surface area contributed by atoms with Gasteiger partial charge in [-0.2, -0.15) is 0 Å². The monoisotopic (exact) mass is 300 g/mol. The van der Waals surface area contributed by atoms with Crippen LogP contribution in [0.4, 0.5) is 6.01 Å². The molecule has 0 radical (unpaired) electrons. The highest BCUT2D eigenvalue weighted by Crippen LogP contribution is 2.15. The van der Waals surface area contributed by atoms with Crippen LogP contribution >= 0.6 is 0 Å². The maximum atomic E-state index is 5.72. The van der Waals surface area contributed by atoms with Crippen molar-refractivity contribution in [3.8, 4) is 0 Å². The number of methoxy groups -OCH3 is 2. The minimum Gasteiger partial charge on any atom is -0.407 e. The van der Waals surface area contributed by atoms with Crippen molar-refractivity contribution in [2.45, 2.75) is 33.4 Å². The van der Waals surface area contributed by atoms with Crippen LogP contribution in [-0.2, 0) is 16.0 Å². The van der Waals surface area contributed by atoms with Crippen molar-refractivity contribution in [2.75, 3.05) is 45.4 Å². The number of nitrogens with zero attached hydrogens (tertiary/aromatic N) is 3. The van der Waals surface area contributed by atoms with Crippen LogP contribution in [0.3, 0.4) is 0 Å². The van der Waals surface area contributed by atoms with Crippen molar-refractivity contribution in [1.82, 2.24) is 15.5 Å². The Morgan fingerprint density at radius 3 is 2.57 bits per heavy atom. The standard InChI is InChI=1S/C14H28N4O3/c1-11(2)8-15-9-13-16-17-14(21-13)18(6-7-19-4)12(3)10-20-5/h11-12,15H,6-10H2,1-5H3. The Balaban J connectivity index is 2.62. The van der Waals surface area contributed by atoms with Gasteiger partial charge in [0.2, 0.25) is 5.89 Å². The molecule has 7 heteroatoms. The molecule has 0 aliphatic heterocycles. The smallest absolute Gasteiger partial charge is 0.318 e. The summed E-state index contributed by atoms with van der Waals surface area (Å²) in [5, 5.41) is 11.5. The van der Waals surface area contributed by atoms with E-state index in [1.54, 1.807) is 14.2 Å². The molecular formula is C14H28N4O3. The maximum absolute atomic E-state index is 5.72. The number of hydrogen-bond acceptors (Lipinski definition) is 7. The first kappa shape index (κ1) is 17.9. The van der Waals surface area contributed by atoms with Gasteiger partial charge in [-0.3, -0.25) is 0 Å². The van der Waals surface area contributed by atoms with Crippen LogP contribution in [0, 0.1) is 5.92 Å². The van der Waals surface area contributed by atoms with E-state index in [0.717, 1.165) is 6.54 Å². The first-order valence-corrected chi connectivity index (χ1v) is 7.36. The first-order valence-electron chi connectivity index (χ1n) is 7.36. The third kappa shape index (κ3) is 6.41. The SMILES string of the molecule is COCCN(c1nnc(CNCC(C)C)o1)C(C)COC. The fourth-order valence-electron chi connectivity index (χ4n) is 1.93. The lowest BCUT2D eigenvalue weighted by Crippen LogP contribution is -2.38. The Hall–Kier alpha value is -1.18. The summed E-state index contributed by atoms with van der Waals surface area (Å²) < 4.78 is 16.1. The zero-order valence-corrected chi connectivity index (χ0v) is 13.8. The Bertz CT molecular complexity index is 384. The second-order valence-corrected chi connectivity index (χ2v) is 5.49. The van der Waals surface area contributed by atoms with Gasteiger partial charge < -0.3 is 24.1 Å². The molecule has 0 bridgehead atoms. The van der Waals surface area contributed by atoms with Gasteiger partial charge >= 0.3 is 6.01 Å². The fourth-order valence-corrected chi connectivity index (χ4v) is 1.93. The topological polar surface area (TPSA) is 72.7 Å². The van der Waals surface area contributed by atoms with Gasteiger partial charge in [-0.25, -0.2) is 0 Å². The summed E-state index contributed by atoms with van der Waals surface area (Å²) >= 11 is 0. The van der Waals surface area contributed by atoms with Crippen LogP contribution in [-0.4, -0.2) is 56.8 Å². The molecule has 0 saturated heterocycles. The molecule has 0 fully saturated rings. The summed E-state index contributed by atoms with van der Waals surface area (Å²) in [6.45, 7) is 9.75. The molecule has 0 aromatic carbocycles. The number of nitrogens with one attached hydrogen (secondary N) is 1. The second-order valence-electron chi connectivity index (χ2n) is 5.49. The van der Waals surface area contributed by atoms with Crippen LogP contribution in [0.5, 0.6) is 0 Å². The molecule has 122 valence electrons. The molecule has 0 amide bonds. The van der Waals surface area contributed by atoms with Gasteiger partial charge in [-0.1, -0.05) is 18.9 Å². The lowest BCUT2D eigenvalue weighted by Gasteiger charge is -2.26.